The number of primary sulfonamides is 1. The molecule has 2 aromatic carbocycles. The van der Waals surface area contributed by atoms with E-state index in [0.29, 0.717) is 22.6 Å². The van der Waals surface area contributed by atoms with Gasteiger partial charge in [0.1, 0.15) is 17.9 Å². The lowest BCUT2D eigenvalue weighted by molar-refractivity contribution is -0.142. The normalized spacial score (nSPS) is 11.4. The average Bonchev–Trinajstić information content (AvgIpc) is 3.05. The first-order chi connectivity index (χ1) is 13.3. The largest absolute Gasteiger partial charge is 0.466 e. The van der Waals surface area contributed by atoms with Crippen molar-refractivity contribution < 1.29 is 26.8 Å². The highest BCUT2D eigenvalue weighted by molar-refractivity contribution is 7.89. The first-order valence-corrected chi connectivity index (χ1v) is 9.87. The molecule has 0 amide bonds. The van der Waals surface area contributed by atoms with E-state index < -0.39 is 21.8 Å². The molecule has 0 atom stereocenters. The summed E-state index contributed by atoms with van der Waals surface area (Å²) in [5, 5.41) is 5.12. The van der Waals surface area contributed by atoms with E-state index in [9.17, 15) is 17.6 Å². The molecule has 28 heavy (non-hydrogen) atoms. The maximum absolute atomic E-state index is 13.3. The number of rotatable bonds is 6. The first-order valence-electron chi connectivity index (χ1n) is 8.32. The summed E-state index contributed by atoms with van der Waals surface area (Å²) in [5.74, 6) is -0.459. The Labute approximate surface area is 161 Å². The Bertz CT molecular complexity index is 1090. The Morgan fingerprint density at radius 3 is 2.29 bits per heavy atom. The summed E-state index contributed by atoms with van der Waals surface area (Å²) in [7, 11) is -3.83. The van der Waals surface area contributed by atoms with Crippen molar-refractivity contribution >= 4 is 16.0 Å². The van der Waals surface area contributed by atoms with Gasteiger partial charge in [-0.1, -0.05) is 0 Å². The molecule has 1 aromatic heterocycles. The van der Waals surface area contributed by atoms with E-state index in [-0.39, 0.29) is 23.8 Å². The summed E-state index contributed by atoms with van der Waals surface area (Å²) in [6.45, 7) is 1.92. The van der Waals surface area contributed by atoms with Crippen LogP contribution in [0.15, 0.2) is 57.8 Å². The quantitative estimate of drug-likeness (QED) is 0.632. The number of esters is 1. The molecule has 0 fully saturated rings. The number of nitrogens with two attached hydrogens (primary N) is 1. The summed E-state index contributed by atoms with van der Waals surface area (Å²) < 4.78 is 46.8. The van der Waals surface area contributed by atoms with Crippen LogP contribution in [-0.4, -0.2) is 26.0 Å². The number of oxazole rings is 1. The maximum Gasteiger partial charge on any atom is 0.315 e. The molecule has 3 rings (SSSR count). The molecule has 0 bridgehead atoms. The molecule has 0 saturated carbocycles. The highest BCUT2D eigenvalue weighted by Crippen LogP contribution is 2.33. The third kappa shape index (κ3) is 4.44. The smallest absolute Gasteiger partial charge is 0.315 e. The number of aromatic nitrogens is 1. The number of nitrogens with zero attached hydrogens (tertiary/aromatic N) is 1. The van der Waals surface area contributed by atoms with E-state index in [1.807, 2.05) is 0 Å². The number of ether oxygens (including phenoxy) is 1. The highest BCUT2D eigenvalue weighted by atomic mass is 32.2. The monoisotopic (exact) mass is 404 g/mol. The van der Waals surface area contributed by atoms with Crippen molar-refractivity contribution in [2.24, 2.45) is 5.14 Å². The second kappa shape index (κ2) is 7.91. The summed E-state index contributed by atoms with van der Waals surface area (Å²) in [5.41, 5.74) is 1.49. The van der Waals surface area contributed by atoms with Gasteiger partial charge in [-0.15, -0.1) is 0 Å². The lowest BCUT2D eigenvalue weighted by Gasteiger charge is -2.03. The zero-order chi connectivity index (χ0) is 20.3. The molecule has 3 aromatic rings. The number of carbonyl (C=O) groups is 1. The minimum atomic E-state index is -3.83. The van der Waals surface area contributed by atoms with Gasteiger partial charge in [0.15, 0.2) is 5.76 Å². The molecule has 0 aliphatic carbocycles. The fourth-order valence-corrected chi connectivity index (χ4v) is 3.09. The van der Waals surface area contributed by atoms with Gasteiger partial charge in [0.05, 0.1) is 11.5 Å². The number of sulfonamides is 1. The molecular weight excluding hydrogens is 387 g/mol. The molecule has 1 heterocycles. The second-order valence-corrected chi connectivity index (χ2v) is 7.40. The standard InChI is InChI=1S/C19H17FN2O5S/c1-2-26-17(23)11-16-22-18(12-3-7-14(20)8-4-12)19(27-16)13-5-9-15(10-6-13)28(21,24)25/h3-10H,2,11H2,1H3,(H2,21,24,25). The van der Waals surface area contributed by atoms with E-state index in [0.717, 1.165) is 0 Å². The van der Waals surface area contributed by atoms with Crippen LogP contribution in [0, 0.1) is 5.82 Å². The first kappa shape index (κ1) is 19.7. The summed E-state index contributed by atoms with van der Waals surface area (Å²) in [4.78, 5) is 16.1. The molecule has 0 unspecified atom stereocenters. The molecule has 146 valence electrons. The van der Waals surface area contributed by atoms with Gasteiger partial charge in [-0.2, -0.15) is 0 Å². The zero-order valence-corrected chi connectivity index (χ0v) is 15.7. The third-order valence-corrected chi connectivity index (χ3v) is 4.76. The number of carbonyl (C=O) groups excluding carboxylic acids is 1. The van der Waals surface area contributed by atoms with Gasteiger partial charge in [0, 0.05) is 11.1 Å². The molecule has 0 aliphatic rings. The number of hydrogen-bond acceptors (Lipinski definition) is 6. The van der Waals surface area contributed by atoms with Crippen molar-refractivity contribution in [2.45, 2.75) is 18.2 Å². The van der Waals surface area contributed by atoms with Gasteiger partial charge in [-0.3, -0.25) is 4.79 Å². The van der Waals surface area contributed by atoms with Gasteiger partial charge in [0.25, 0.3) is 0 Å². The maximum atomic E-state index is 13.3. The van der Waals surface area contributed by atoms with Crippen LogP contribution >= 0.6 is 0 Å². The van der Waals surface area contributed by atoms with E-state index in [2.05, 4.69) is 4.98 Å². The lowest BCUT2D eigenvalue weighted by Crippen LogP contribution is -2.11. The Balaban J connectivity index is 2.06. The van der Waals surface area contributed by atoms with Crippen LogP contribution in [0.1, 0.15) is 12.8 Å². The van der Waals surface area contributed by atoms with Crippen LogP contribution in [-0.2, 0) is 26.0 Å². The molecule has 7 nitrogen and oxygen atoms in total. The van der Waals surface area contributed by atoms with E-state index in [1.54, 1.807) is 6.92 Å². The Kier molecular flexibility index (Phi) is 5.57. The predicted octanol–water partition coefficient (Wildman–Crippen LogP) is 2.90. The van der Waals surface area contributed by atoms with Crippen LogP contribution in [0.25, 0.3) is 22.6 Å². The molecule has 0 radical (unpaired) electrons. The summed E-state index contributed by atoms with van der Waals surface area (Å²) >= 11 is 0. The SMILES string of the molecule is CCOC(=O)Cc1nc(-c2ccc(F)cc2)c(-c2ccc(S(N)(=O)=O)cc2)o1. The Hall–Kier alpha value is -3.04. The van der Waals surface area contributed by atoms with Gasteiger partial charge in [-0.05, 0) is 55.5 Å². The third-order valence-electron chi connectivity index (χ3n) is 3.84. The fraction of sp³-hybridized carbons (Fsp3) is 0.158. The van der Waals surface area contributed by atoms with Crippen LogP contribution in [0.2, 0.25) is 0 Å². The predicted molar refractivity (Wildman–Crippen MR) is 99.0 cm³/mol. The number of halogens is 1. The van der Waals surface area contributed by atoms with Crippen molar-refractivity contribution in [2.75, 3.05) is 6.61 Å². The topological polar surface area (TPSA) is 112 Å². The van der Waals surface area contributed by atoms with Crippen molar-refractivity contribution in [1.29, 1.82) is 0 Å². The van der Waals surface area contributed by atoms with E-state index >= 15 is 0 Å². The van der Waals surface area contributed by atoms with Crippen molar-refractivity contribution in [3.8, 4) is 22.6 Å². The fourth-order valence-electron chi connectivity index (χ4n) is 2.57. The van der Waals surface area contributed by atoms with Crippen LogP contribution in [0.3, 0.4) is 0 Å². The lowest BCUT2D eigenvalue weighted by atomic mass is 10.1. The minimum Gasteiger partial charge on any atom is -0.466 e. The van der Waals surface area contributed by atoms with E-state index in [4.69, 9.17) is 14.3 Å². The van der Waals surface area contributed by atoms with Gasteiger partial charge >= 0.3 is 5.97 Å². The van der Waals surface area contributed by atoms with Gasteiger partial charge in [-0.25, -0.2) is 22.9 Å². The van der Waals surface area contributed by atoms with Gasteiger partial charge in [0.2, 0.25) is 15.9 Å². The van der Waals surface area contributed by atoms with Crippen molar-refractivity contribution in [3.05, 3.63) is 60.2 Å². The average molecular weight is 404 g/mol. The van der Waals surface area contributed by atoms with Crippen LogP contribution in [0.5, 0.6) is 0 Å². The summed E-state index contributed by atoms with van der Waals surface area (Å²) in [6, 6.07) is 11.3. The molecule has 9 heteroatoms. The number of hydrogen-bond donors (Lipinski definition) is 1. The molecule has 0 saturated heterocycles. The molecule has 2 N–H and O–H groups in total. The van der Waals surface area contributed by atoms with Crippen molar-refractivity contribution in [3.63, 3.8) is 0 Å². The second-order valence-electron chi connectivity index (χ2n) is 5.84. The van der Waals surface area contributed by atoms with Crippen LogP contribution < -0.4 is 5.14 Å². The molecule has 0 aliphatic heterocycles. The number of benzene rings is 2. The van der Waals surface area contributed by atoms with Gasteiger partial charge < -0.3 is 9.15 Å². The molecule has 0 spiro atoms. The molecular formula is C19H17FN2O5S. The Morgan fingerprint density at radius 2 is 1.71 bits per heavy atom. The summed E-state index contributed by atoms with van der Waals surface area (Å²) in [6.07, 6.45) is -0.169. The Morgan fingerprint density at radius 1 is 1.11 bits per heavy atom. The highest BCUT2D eigenvalue weighted by Gasteiger charge is 2.20. The zero-order valence-electron chi connectivity index (χ0n) is 14.9. The van der Waals surface area contributed by atoms with Crippen LogP contribution in [0.4, 0.5) is 4.39 Å². The van der Waals surface area contributed by atoms with Crippen molar-refractivity contribution in [1.82, 2.24) is 4.98 Å². The van der Waals surface area contributed by atoms with E-state index in [1.165, 1.54) is 48.5 Å². The minimum absolute atomic E-state index is 0.0501.